The molecule has 1 fully saturated rings. The zero-order chi connectivity index (χ0) is 24.5. The lowest BCUT2D eigenvalue weighted by Crippen LogP contribution is -2.54. The number of nitrogens with zero attached hydrogens (tertiary/aromatic N) is 2. The van der Waals surface area contributed by atoms with Gasteiger partial charge in [-0.1, -0.05) is 6.07 Å². The number of ether oxygens (including phenoxy) is 1. The summed E-state index contributed by atoms with van der Waals surface area (Å²) in [5.41, 5.74) is -0.0191. The quantitative estimate of drug-likeness (QED) is 0.323. The number of halogens is 3. The van der Waals surface area contributed by atoms with Crippen molar-refractivity contribution in [3.8, 4) is 11.4 Å². The van der Waals surface area contributed by atoms with Crippen molar-refractivity contribution in [3.05, 3.63) is 83.7 Å². The SMILES string of the molecule is CCOc1ccc(N2C(=O)/C(=C/c3cccn3-c3cccc(C(F)(F)F)c3)C(=O)NC2=S)cc1. The number of anilines is 1. The van der Waals surface area contributed by atoms with Gasteiger partial charge in [-0.15, -0.1) is 0 Å². The van der Waals surface area contributed by atoms with Crippen LogP contribution in [0.3, 0.4) is 0 Å². The Labute approximate surface area is 198 Å². The molecule has 174 valence electrons. The zero-order valence-corrected chi connectivity index (χ0v) is 18.6. The molecule has 0 spiro atoms. The number of amides is 2. The van der Waals surface area contributed by atoms with E-state index >= 15 is 0 Å². The van der Waals surface area contributed by atoms with Crippen LogP contribution in [-0.4, -0.2) is 28.1 Å². The lowest BCUT2D eigenvalue weighted by atomic mass is 10.1. The van der Waals surface area contributed by atoms with Gasteiger partial charge in [-0.2, -0.15) is 13.2 Å². The Bertz CT molecular complexity index is 1300. The van der Waals surface area contributed by atoms with Crippen LogP contribution in [0.5, 0.6) is 5.75 Å². The van der Waals surface area contributed by atoms with Gasteiger partial charge in [0.25, 0.3) is 11.8 Å². The average Bonchev–Trinajstić information content (AvgIpc) is 3.26. The predicted octanol–water partition coefficient (Wildman–Crippen LogP) is 4.73. The summed E-state index contributed by atoms with van der Waals surface area (Å²) in [6, 6.07) is 14.6. The van der Waals surface area contributed by atoms with Crippen molar-refractivity contribution in [2.24, 2.45) is 0 Å². The molecule has 1 saturated heterocycles. The van der Waals surface area contributed by atoms with E-state index in [1.165, 1.54) is 27.7 Å². The number of benzene rings is 2. The topological polar surface area (TPSA) is 63.6 Å². The molecule has 1 aromatic heterocycles. The molecule has 1 aliphatic rings. The minimum atomic E-state index is -4.51. The van der Waals surface area contributed by atoms with Gasteiger partial charge in [-0.25, -0.2) is 0 Å². The molecule has 1 N–H and O–H groups in total. The first-order valence-corrected chi connectivity index (χ1v) is 10.6. The molecule has 0 saturated carbocycles. The van der Waals surface area contributed by atoms with Crippen molar-refractivity contribution < 1.29 is 27.5 Å². The van der Waals surface area contributed by atoms with Gasteiger partial charge in [-0.05, 0) is 79.8 Å². The standard InChI is InChI=1S/C24H18F3N3O3S/c1-2-33-19-10-8-16(9-11-19)30-22(32)20(21(31)28-23(30)34)14-18-7-4-12-29(18)17-6-3-5-15(13-17)24(25,26)27/h3-14H,2H2,1H3,(H,28,31,34)/b20-14+. The third-order valence-electron chi connectivity index (χ3n) is 5.03. The summed E-state index contributed by atoms with van der Waals surface area (Å²) >= 11 is 5.20. The van der Waals surface area contributed by atoms with Crippen LogP contribution in [0.4, 0.5) is 18.9 Å². The number of aromatic nitrogens is 1. The number of alkyl halides is 3. The summed E-state index contributed by atoms with van der Waals surface area (Å²) < 4.78 is 46.3. The number of carbonyl (C=O) groups excluding carboxylic acids is 2. The first-order chi connectivity index (χ1) is 16.2. The highest BCUT2D eigenvalue weighted by Crippen LogP contribution is 2.31. The van der Waals surface area contributed by atoms with Crippen molar-refractivity contribution in [1.82, 2.24) is 9.88 Å². The molecule has 2 amide bonds. The predicted molar refractivity (Wildman–Crippen MR) is 125 cm³/mol. The Hall–Kier alpha value is -3.92. The first kappa shape index (κ1) is 23.2. The maximum atomic E-state index is 13.2. The van der Waals surface area contributed by atoms with Crippen LogP contribution in [0.15, 0.2) is 72.4 Å². The fraction of sp³-hybridized carbons (Fsp3) is 0.125. The third-order valence-corrected chi connectivity index (χ3v) is 5.32. The molecule has 6 nitrogen and oxygen atoms in total. The summed E-state index contributed by atoms with van der Waals surface area (Å²) in [5.74, 6) is -0.746. The third kappa shape index (κ3) is 4.58. The largest absolute Gasteiger partial charge is 0.494 e. The molecule has 3 aromatic rings. The van der Waals surface area contributed by atoms with E-state index in [4.69, 9.17) is 17.0 Å². The van der Waals surface area contributed by atoms with Gasteiger partial charge >= 0.3 is 6.18 Å². The van der Waals surface area contributed by atoms with E-state index < -0.39 is 23.6 Å². The van der Waals surface area contributed by atoms with Crippen LogP contribution >= 0.6 is 12.2 Å². The van der Waals surface area contributed by atoms with Crippen LogP contribution in [0, 0.1) is 0 Å². The lowest BCUT2D eigenvalue weighted by molar-refractivity contribution is -0.137. The maximum Gasteiger partial charge on any atom is 0.416 e. The van der Waals surface area contributed by atoms with Crippen molar-refractivity contribution in [1.29, 1.82) is 0 Å². The molecule has 34 heavy (non-hydrogen) atoms. The molecule has 0 radical (unpaired) electrons. The first-order valence-electron chi connectivity index (χ1n) is 10.2. The van der Waals surface area contributed by atoms with Crippen molar-refractivity contribution in [2.75, 3.05) is 11.5 Å². The Kier molecular flexibility index (Phi) is 6.25. The number of carbonyl (C=O) groups is 2. The summed E-state index contributed by atoms with van der Waals surface area (Å²) in [6.45, 7) is 2.33. The molecular formula is C24H18F3N3O3S. The minimum Gasteiger partial charge on any atom is -0.494 e. The van der Waals surface area contributed by atoms with E-state index in [2.05, 4.69) is 5.32 Å². The molecule has 1 aliphatic heterocycles. The monoisotopic (exact) mass is 485 g/mol. The molecule has 0 bridgehead atoms. The minimum absolute atomic E-state index is 0.0791. The lowest BCUT2D eigenvalue weighted by Gasteiger charge is -2.29. The number of nitrogens with one attached hydrogen (secondary N) is 1. The van der Waals surface area contributed by atoms with Crippen LogP contribution in [0.2, 0.25) is 0 Å². The maximum absolute atomic E-state index is 13.2. The van der Waals surface area contributed by atoms with E-state index in [1.54, 1.807) is 42.6 Å². The van der Waals surface area contributed by atoms with Crippen molar-refractivity contribution in [2.45, 2.75) is 13.1 Å². The van der Waals surface area contributed by atoms with Crippen LogP contribution in [0.1, 0.15) is 18.2 Å². The van der Waals surface area contributed by atoms with Gasteiger partial charge < -0.3 is 9.30 Å². The summed E-state index contributed by atoms with van der Waals surface area (Å²) in [7, 11) is 0. The van der Waals surface area contributed by atoms with Gasteiger partial charge in [0.1, 0.15) is 11.3 Å². The van der Waals surface area contributed by atoms with Crippen molar-refractivity contribution >= 4 is 40.9 Å². The van der Waals surface area contributed by atoms with E-state index in [1.807, 2.05) is 6.92 Å². The van der Waals surface area contributed by atoms with E-state index in [9.17, 15) is 22.8 Å². The normalized spacial score (nSPS) is 15.6. The van der Waals surface area contributed by atoms with Gasteiger partial charge in [0.05, 0.1) is 17.9 Å². The molecule has 10 heteroatoms. The molecule has 0 aliphatic carbocycles. The Morgan fingerprint density at radius 1 is 1.03 bits per heavy atom. The molecule has 2 heterocycles. The fourth-order valence-corrected chi connectivity index (χ4v) is 3.76. The highest BCUT2D eigenvalue weighted by atomic mass is 32.1. The molecule has 0 atom stereocenters. The Balaban J connectivity index is 1.70. The number of hydrogen-bond acceptors (Lipinski definition) is 4. The zero-order valence-electron chi connectivity index (χ0n) is 17.8. The Morgan fingerprint density at radius 2 is 1.76 bits per heavy atom. The smallest absolute Gasteiger partial charge is 0.416 e. The van der Waals surface area contributed by atoms with Gasteiger partial charge in [0.2, 0.25) is 0 Å². The van der Waals surface area contributed by atoms with Crippen molar-refractivity contribution in [3.63, 3.8) is 0 Å². The summed E-state index contributed by atoms with van der Waals surface area (Å²) in [4.78, 5) is 27.0. The van der Waals surface area contributed by atoms with E-state index in [0.717, 1.165) is 12.1 Å². The highest BCUT2D eigenvalue weighted by Gasteiger charge is 2.35. The van der Waals surface area contributed by atoms with E-state index in [0.29, 0.717) is 23.7 Å². The Morgan fingerprint density at radius 3 is 2.44 bits per heavy atom. The van der Waals surface area contributed by atoms with Gasteiger partial charge in [-0.3, -0.25) is 19.8 Å². The molecule has 0 unspecified atom stereocenters. The fourth-order valence-electron chi connectivity index (χ4n) is 3.48. The second-order valence-corrected chi connectivity index (χ2v) is 7.62. The summed E-state index contributed by atoms with van der Waals surface area (Å²) in [5, 5.41) is 2.41. The average molecular weight is 485 g/mol. The van der Waals surface area contributed by atoms with Gasteiger partial charge in [0.15, 0.2) is 5.11 Å². The second kappa shape index (κ2) is 9.14. The summed E-state index contributed by atoms with van der Waals surface area (Å²) in [6.07, 6.45) is -1.64. The molecule has 4 rings (SSSR count). The highest BCUT2D eigenvalue weighted by molar-refractivity contribution is 7.80. The van der Waals surface area contributed by atoms with E-state index in [-0.39, 0.29) is 16.4 Å². The van der Waals surface area contributed by atoms with Crippen LogP contribution in [0.25, 0.3) is 11.8 Å². The second-order valence-electron chi connectivity index (χ2n) is 7.24. The number of thiocarbonyl (C=S) groups is 1. The molecule has 2 aromatic carbocycles. The van der Waals surface area contributed by atoms with Gasteiger partial charge in [0, 0.05) is 17.6 Å². The number of hydrogen-bond donors (Lipinski definition) is 1. The van der Waals surface area contributed by atoms with Crippen LogP contribution < -0.4 is 15.0 Å². The van der Waals surface area contributed by atoms with Crippen LogP contribution in [-0.2, 0) is 15.8 Å². The number of rotatable bonds is 5. The molecular weight excluding hydrogens is 467 g/mol.